The first-order chi connectivity index (χ1) is 10.4. The molecule has 0 spiro atoms. The number of benzene rings is 1. The fourth-order valence-corrected chi connectivity index (χ4v) is 1.97. The van der Waals surface area contributed by atoms with E-state index in [-0.39, 0.29) is 17.6 Å². The number of nitrogens with zero attached hydrogens (tertiary/aromatic N) is 1. The van der Waals surface area contributed by atoms with E-state index < -0.39 is 6.04 Å². The minimum atomic E-state index is -0.454. The number of hydroxylamine groups is 2. The second-order valence-electron chi connectivity index (χ2n) is 5.44. The lowest BCUT2D eigenvalue weighted by atomic mass is 10.0. The van der Waals surface area contributed by atoms with E-state index >= 15 is 0 Å². The highest BCUT2D eigenvalue weighted by Crippen LogP contribution is 2.09. The number of amides is 1. The van der Waals surface area contributed by atoms with Crippen LogP contribution >= 0.6 is 0 Å². The van der Waals surface area contributed by atoms with Gasteiger partial charge in [-0.3, -0.25) is 14.4 Å². The smallest absolute Gasteiger partial charge is 0.268 e. The summed E-state index contributed by atoms with van der Waals surface area (Å²) in [5, 5.41) is 4.29. The third kappa shape index (κ3) is 5.00. The van der Waals surface area contributed by atoms with E-state index in [9.17, 15) is 9.59 Å². The molecule has 0 fully saturated rings. The maximum atomic E-state index is 12.2. The van der Waals surface area contributed by atoms with Crippen LogP contribution in [0.4, 0.5) is 0 Å². The molecule has 1 aromatic rings. The van der Waals surface area contributed by atoms with Crippen LogP contribution in [-0.4, -0.2) is 37.0 Å². The van der Waals surface area contributed by atoms with E-state index in [2.05, 4.69) is 5.32 Å². The molecular weight excluding hydrogens is 280 g/mol. The van der Waals surface area contributed by atoms with Gasteiger partial charge in [-0.05, 0) is 12.8 Å². The molecule has 1 atom stereocenters. The molecule has 1 aromatic carbocycles. The molecule has 0 saturated heterocycles. The van der Waals surface area contributed by atoms with Crippen molar-refractivity contribution in [3.05, 3.63) is 47.7 Å². The molecule has 1 unspecified atom stereocenters. The SMILES string of the molecule is CON(C)C(=O)C(N/C(C)=C/C(=O)c1ccccc1)C(C)C. The quantitative estimate of drug-likeness (QED) is 0.477. The molecule has 0 aromatic heterocycles. The van der Waals surface area contributed by atoms with Crippen molar-refractivity contribution in [3.63, 3.8) is 0 Å². The monoisotopic (exact) mass is 304 g/mol. The Kier molecular flexibility index (Phi) is 6.79. The normalized spacial score (nSPS) is 12.9. The number of carbonyl (C=O) groups excluding carboxylic acids is 2. The molecule has 0 aliphatic carbocycles. The summed E-state index contributed by atoms with van der Waals surface area (Å²) >= 11 is 0. The number of hydrogen-bond donors (Lipinski definition) is 1. The summed E-state index contributed by atoms with van der Waals surface area (Å²) in [6, 6.07) is 8.56. The number of carbonyl (C=O) groups is 2. The zero-order valence-electron chi connectivity index (χ0n) is 13.8. The molecule has 120 valence electrons. The number of allylic oxidation sites excluding steroid dienone is 2. The average molecular weight is 304 g/mol. The van der Waals surface area contributed by atoms with Gasteiger partial charge in [-0.15, -0.1) is 0 Å². The number of rotatable bonds is 7. The van der Waals surface area contributed by atoms with Crippen LogP contribution in [0.2, 0.25) is 0 Å². The highest BCUT2D eigenvalue weighted by atomic mass is 16.7. The van der Waals surface area contributed by atoms with Crippen molar-refractivity contribution in [1.29, 1.82) is 0 Å². The highest BCUT2D eigenvalue weighted by molar-refractivity contribution is 6.04. The van der Waals surface area contributed by atoms with Crippen molar-refractivity contribution in [1.82, 2.24) is 10.4 Å². The van der Waals surface area contributed by atoms with Gasteiger partial charge in [0.25, 0.3) is 5.91 Å². The maximum absolute atomic E-state index is 12.2. The van der Waals surface area contributed by atoms with Crippen LogP contribution in [-0.2, 0) is 9.63 Å². The fourth-order valence-electron chi connectivity index (χ4n) is 1.97. The molecule has 0 radical (unpaired) electrons. The third-order valence-corrected chi connectivity index (χ3v) is 3.31. The Hall–Kier alpha value is -2.14. The molecule has 1 amide bonds. The molecule has 0 saturated carbocycles. The summed E-state index contributed by atoms with van der Waals surface area (Å²) in [5.41, 5.74) is 1.26. The Bertz CT molecular complexity index is 538. The third-order valence-electron chi connectivity index (χ3n) is 3.31. The van der Waals surface area contributed by atoms with Crippen LogP contribution in [0, 0.1) is 5.92 Å². The van der Waals surface area contributed by atoms with Crippen LogP contribution < -0.4 is 5.32 Å². The Labute approximate surface area is 131 Å². The Morgan fingerprint density at radius 3 is 2.32 bits per heavy atom. The van der Waals surface area contributed by atoms with Gasteiger partial charge in [0.2, 0.25) is 0 Å². The van der Waals surface area contributed by atoms with Gasteiger partial charge in [-0.25, -0.2) is 5.06 Å². The van der Waals surface area contributed by atoms with Crippen molar-refractivity contribution in [3.8, 4) is 0 Å². The minimum Gasteiger partial charge on any atom is -0.377 e. The van der Waals surface area contributed by atoms with Crippen LogP contribution in [0.25, 0.3) is 0 Å². The summed E-state index contributed by atoms with van der Waals surface area (Å²) in [6.45, 7) is 5.65. The van der Waals surface area contributed by atoms with Crippen molar-refractivity contribution >= 4 is 11.7 Å². The van der Waals surface area contributed by atoms with Gasteiger partial charge in [0.15, 0.2) is 5.78 Å². The topological polar surface area (TPSA) is 58.6 Å². The fraction of sp³-hybridized carbons (Fsp3) is 0.412. The Morgan fingerprint density at radius 2 is 1.82 bits per heavy atom. The first kappa shape index (κ1) is 17.9. The molecule has 22 heavy (non-hydrogen) atoms. The molecule has 0 bridgehead atoms. The first-order valence-corrected chi connectivity index (χ1v) is 7.22. The van der Waals surface area contributed by atoms with Gasteiger partial charge in [0.1, 0.15) is 6.04 Å². The predicted molar refractivity (Wildman–Crippen MR) is 86.1 cm³/mol. The standard InChI is InChI=1S/C17H24N2O3/c1-12(2)16(17(21)19(4)22-5)18-13(3)11-15(20)14-9-7-6-8-10-14/h6-12,16,18H,1-5H3/b13-11+. The lowest BCUT2D eigenvalue weighted by molar-refractivity contribution is -0.172. The summed E-state index contributed by atoms with van der Waals surface area (Å²) in [4.78, 5) is 29.3. The van der Waals surface area contributed by atoms with Crippen LogP contribution in [0.5, 0.6) is 0 Å². The van der Waals surface area contributed by atoms with Crippen molar-refractivity contribution < 1.29 is 14.4 Å². The number of hydrogen-bond acceptors (Lipinski definition) is 4. The van der Waals surface area contributed by atoms with Crippen LogP contribution in [0.15, 0.2) is 42.1 Å². The van der Waals surface area contributed by atoms with Gasteiger partial charge in [-0.1, -0.05) is 44.2 Å². The maximum Gasteiger partial charge on any atom is 0.268 e. The minimum absolute atomic E-state index is 0.0558. The number of nitrogens with one attached hydrogen (secondary N) is 1. The zero-order chi connectivity index (χ0) is 16.7. The summed E-state index contributed by atoms with van der Waals surface area (Å²) in [7, 11) is 3.00. The first-order valence-electron chi connectivity index (χ1n) is 7.22. The van der Waals surface area contributed by atoms with E-state index in [0.29, 0.717) is 11.3 Å². The average Bonchev–Trinajstić information content (AvgIpc) is 2.51. The molecule has 0 heterocycles. The largest absolute Gasteiger partial charge is 0.377 e. The molecule has 5 heteroatoms. The van der Waals surface area contributed by atoms with E-state index in [1.807, 2.05) is 32.0 Å². The molecule has 1 rings (SSSR count). The van der Waals surface area contributed by atoms with Gasteiger partial charge >= 0.3 is 0 Å². The summed E-state index contributed by atoms with van der Waals surface area (Å²) in [5.74, 6) is -0.224. The van der Waals surface area contributed by atoms with Gasteiger partial charge < -0.3 is 5.32 Å². The molecule has 0 aliphatic rings. The van der Waals surface area contributed by atoms with E-state index in [1.165, 1.54) is 18.2 Å². The van der Waals surface area contributed by atoms with E-state index in [1.54, 1.807) is 26.1 Å². The van der Waals surface area contributed by atoms with Gasteiger partial charge in [0.05, 0.1) is 7.11 Å². The summed E-state index contributed by atoms with van der Waals surface area (Å²) < 4.78 is 0. The van der Waals surface area contributed by atoms with Gasteiger partial charge in [0, 0.05) is 24.4 Å². The van der Waals surface area contributed by atoms with Crippen molar-refractivity contribution in [2.75, 3.05) is 14.2 Å². The summed E-state index contributed by atoms with van der Waals surface area (Å²) in [6.07, 6.45) is 1.50. The van der Waals surface area contributed by atoms with E-state index in [4.69, 9.17) is 4.84 Å². The number of likely N-dealkylation sites (N-methyl/N-ethyl adjacent to an activating group) is 1. The van der Waals surface area contributed by atoms with E-state index in [0.717, 1.165) is 0 Å². The number of ketones is 1. The zero-order valence-corrected chi connectivity index (χ0v) is 13.8. The highest BCUT2D eigenvalue weighted by Gasteiger charge is 2.25. The molecule has 5 nitrogen and oxygen atoms in total. The second-order valence-corrected chi connectivity index (χ2v) is 5.44. The molecule has 1 N–H and O–H groups in total. The van der Waals surface area contributed by atoms with Crippen molar-refractivity contribution in [2.45, 2.75) is 26.8 Å². The molecular formula is C17H24N2O3. The van der Waals surface area contributed by atoms with Crippen LogP contribution in [0.3, 0.4) is 0 Å². The van der Waals surface area contributed by atoms with Gasteiger partial charge in [-0.2, -0.15) is 0 Å². The Morgan fingerprint density at radius 1 is 1.23 bits per heavy atom. The predicted octanol–water partition coefficient (Wildman–Crippen LogP) is 2.41. The lowest BCUT2D eigenvalue weighted by Crippen LogP contribution is -2.47. The second kappa shape index (κ2) is 8.34. The lowest BCUT2D eigenvalue weighted by Gasteiger charge is -2.26. The van der Waals surface area contributed by atoms with Crippen LogP contribution in [0.1, 0.15) is 31.1 Å². The van der Waals surface area contributed by atoms with Crippen molar-refractivity contribution in [2.24, 2.45) is 5.92 Å². The molecule has 0 aliphatic heterocycles. The Balaban J connectivity index is 2.83.